The van der Waals surface area contributed by atoms with Crippen LogP contribution in [0.25, 0.3) is 10.3 Å². The summed E-state index contributed by atoms with van der Waals surface area (Å²) in [5.41, 5.74) is 0.909. The summed E-state index contributed by atoms with van der Waals surface area (Å²) < 4.78 is 7.01. The first-order chi connectivity index (χ1) is 14.6. The van der Waals surface area contributed by atoms with E-state index in [4.69, 9.17) is 4.74 Å². The summed E-state index contributed by atoms with van der Waals surface area (Å²) >= 11 is 1.39. The first-order valence-electron chi connectivity index (χ1n) is 10.5. The second-order valence-corrected chi connectivity index (χ2v) is 8.95. The van der Waals surface area contributed by atoms with E-state index in [1.165, 1.54) is 56.5 Å². The van der Waals surface area contributed by atoms with E-state index in [9.17, 15) is 4.79 Å². The Labute approximate surface area is 181 Å². The minimum absolute atomic E-state index is 0. The van der Waals surface area contributed by atoms with Crippen LogP contribution in [0.2, 0.25) is 0 Å². The number of H-pyrrole nitrogens is 1. The highest BCUT2D eigenvalue weighted by Crippen LogP contribution is 2.23. The van der Waals surface area contributed by atoms with Crippen LogP contribution in [-0.2, 0) is 11.8 Å². The SMILES string of the molecule is C1CCC(N2CCOCC2)CC1.Cc1nc2c(=O)[nH]c(Nc3cnn(C)c3)nc2s1.[HH]. The van der Waals surface area contributed by atoms with E-state index in [1.54, 1.807) is 17.1 Å². The Morgan fingerprint density at radius 3 is 2.70 bits per heavy atom. The Morgan fingerprint density at radius 1 is 1.23 bits per heavy atom. The van der Waals surface area contributed by atoms with E-state index in [0.29, 0.717) is 16.3 Å². The highest BCUT2D eigenvalue weighted by atomic mass is 32.1. The van der Waals surface area contributed by atoms with Gasteiger partial charge in [-0.1, -0.05) is 30.6 Å². The van der Waals surface area contributed by atoms with Gasteiger partial charge in [-0.2, -0.15) is 5.10 Å². The van der Waals surface area contributed by atoms with Gasteiger partial charge in [0.05, 0.1) is 30.1 Å². The van der Waals surface area contributed by atoms with Crippen molar-refractivity contribution in [3.63, 3.8) is 0 Å². The Hall–Kier alpha value is -2.30. The van der Waals surface area contributed by atoms with E-state index >= 15 is 0 Å². The van der Waals surface area contributed by atoms with Crippen LogP contribution >= 0.6 is 11.3 Å². The van der Waals surface area contributed by atoms with Gasteiger partial charge >= 0.3 is 0 Å². The van der Waals surface area contributed by atoms with Gasteiger partial charge in [0.15, 0.2) is 10.3 Å². The van der Waals surface area contributed by atoms with Gasteiger partial charge in [-0.25, -0.2) is 9.97 Å². The van der Waals surface area contributed by atoms with Gasteiger partial charge in [0.25, 0.3) is 5.56 Å². The zero-order valence-corrected chi connectivity index (χ0v) is 18.4. The molecule has 2 fully saturated rings. The first-order valence-corrected chi connectivity index (χ1v) is 11.3. The van der Waals surface area contributed by atoms with Gasteiger partial charge in [0.2, 0.25) is 5.95 Å². The molecule has 4 heterocycles. The number of hydrogen-bond acceptors (Lipinski definition) is 8. The number of aromatic amines is 1. The number of thiazole rings is 1. The summed E-state index contributed by atoms with van der Waals surface area (Å²) in [6.07, 6.45) is 10.7. The second-order valence-electron chi connectivity index (χ2n) is 7.77. The molecule has 1 saturated heterocycles. The van der Waals surface area contributed by atoms with E-state index in [0.717, 1.165) is 30.0 Å². The molecule has 30 heavy (non-hydrogen) atoms. The van der Waals surface area contributed by atoms with Gasteiger partial charge in [0, 0.05) is 33.8 Å². The summed E-state index contributed by atoms with van der Waals surface area (Å²) in [5.74, 6) is 0.393. The average molecular weight is 434 g/mol. The number of morpholine rings is 1. The monoisotopic (exact) mass is 433 g/mol. The van der Waals surface area contributed by atoms with Gasteiger partial charge in [-0.3, -0.25) is 19.4 Å². The molecule has 9 nitrogen and oxygen atoms in total. The molecule has 2 aliphatic rings. The van der Waals surface area contributed by atoms with E-state index < -0.39 is 0 Å². The van der Waals surface area contributed by atoms with Crippen LogP contribution in [0.4, 0.5) is 11.6 Å². The van der Waals surface area contributed by atoms with Crippen molar-refractivity contribution >= 4 is 33.3 Å². The largest absolute Gasteiger partial charge is 0.379 e. The predicted octanol–water partition coefficient (Wildman–Crippen LogP) is 3.06. The lowest BCUT2D eigenvalue weighted by Gasteiger charge is -2.36. The predicted molar refractivity (Wildman–Crippen MR) is 121 cm³/mol. The highest BCUT2D eigenvalue weighted by molar-refractivity contribution is 7.18. The molecule has 0 spiro atoms. The van der Waals surface area contributed by atoms with Crippen LogP contribution in [0, 0.1) is 6.92 Å². The number of hydrogen-bond donors (Lipinski definition) is 2. The molecule has 5 rings (SSSR count). The topological polar surface area (TPSA) is 101 Å². The van der Waals surface area contributed by atoms with Crippen molar-refractivity contribution in [1.29, 1.82) is 0 Å². The zero-order valence-electron chi connectivity index (χ0n) is 17.6. The van der Waals surface area contributed by atoms with Crippen LogP contribution in [-0.4, -0.2) is 62.0 Å². The molecule has 10 heteroatoms. The Kier molecular flexibility index (Phi) is 6.76. The molecule has 0 atom stereocenters. The fourth-order valence-corrected chi connectivity index (χ4v) is 4.80. The molecule has 0 bridgehead atoms. The Balaban J connectivity index is 0.000000183. The van der Waals surface area contributed by atoms with Crippen LogP contribution in [0.3, 0.4) is 0 Å². The van der Waals surface area contributed by atoms with Crippen molar-refractivity contribution in [3.05, 3.63) is 27.8 Å². The minimum Gasteiger partial charge on any atom is -0.379 e. The third-order valence-electron chi connectivity index (χ3n) is 5.48. The van der Waals surface area contributed by atoms with E-state index in [1.807, 2.05) is 14.0 Å². The number of anilines is 2. The Morgan fingerprint density at radius 2 is 2.00 bits per heavy atom. The molecule has 3 aromatic heterocycles. The van der Waals surface area contributed by atoms with E-state index in [-0.39, 0.29) is 6.99 Å². The molecular weight excluding hydrogens is 402 g/mol. The summed E-state index contributed by atoms with van der Waals surface area (Å²) in [6.45, 7) is 6.10. The molecular formula is C20H31N7O2S. The summed E-state index contributed by atoms with van der Waals surface area (Å²) in [4.78, 5) is 26.1. The van der Waals surface area contributed by atoms with Crippen molar-refractivity contribution in [3.8, 4) is 0 Å². The number of fused-ring (bicyclic) bond motifs is 1. The van der Waals surface area contributed by atoms with Crippen LogP contribution < -0.4 is 10.9 Å². The fraction of sp³-hybridized carbons (Fsp3) is 0.600. The number of aromatic nitrogens is 5. The lowest BCUT2D eigenvalue weighted by molar-refractivity contribution is 0.00858. The fourth-order valence-electron chi connectivity index (χ4n) is 4.01. The molecule has 164 valence electrons. The van der Waals surface area contributed by atoms with E-state index in [2.05, 4.69) is 30.3 Å². The second kappa shape index (κ2) is 9.67. The lowest BCUT2D eigenvalue weighted by Crippen LogP contribution is -2.44. The maximum Gasteiger partial charge on any atom is 0.279 e. The number of rotatable bonds is 3. The lowest BCUT2D eigenvalue weighted by atomic mass is 9.94. The number of ether oxygens (including phenoxy) is 1. The minimum atomic E-state index is -0.240. The number of nitrogens with one attached hydrogen (secondary N) is 2. The van der Waals surface area contributed by atoms with Gasteiger partial charge < -0.3 is 10.1 Å². The average Bonchev–Trinajstić information content (AvgIpc) is 3.34. The standard InChI is InChI=1S/C10H10N6OS.C10H19NO.H2/c1-5-12-7-8(17)14-10(15-9(7)18-5)13-6-3-11-16(2)4-6;1-2-4-10(5-3-1)11-6-8-12-9-7-11;/h3-4H,1-2H3,(H2,13,14,15,17);10H,1-9H2;1H. The number of aryl methyl sites for hydroxylation is 2. The normalized spacial score (nSPS) is 18.2. The van der Waals surface area contributed by atoms with Crippen LogP contribution in [0.5, 0.6) is 0 Å². The zero-order chi connectivity index (χ0) is 20.9. The van der Waals surface area contributed by atoms with Crippen molar-refractivity contribution < 1.29 is 6.16 Å². The third kappa shape index (κ3) is 5.24. The molecule has 1 aliphatic carbocycles. The van der Waals surface area contributed by atoms with Crippen molar-refractivity contribution in [2.24, 2.45) is 7.05 Å². The van der Waals surface area contributed by atoms with Crippen molar-refractivity contribution in [2.45, 2.75) is 45.1 Å². The first kappa shape index (κ1) is 21.0. The quantitative estimate of drug-likeness (QED) is 0.655. The highest BCUT2D eigenvalue weighted by Gasteiger charge is 2.22. The molecule has 1 saturated carbocycles. The number of nitrogens with zero attached hydrogens (tertiary/aromatic N) is 5. The summed E-state index contributed by atoms with van der Waals surface area (Å²) in [7, 11) is 1.82. The van der Waals surface area contributed by atoms with Gasteiger partial charge in [0.1, 0.15) is 0 Å². The molecule has 1 aliphatic heterocycles. The molecule has 0 unspecified atom stereocenters. The third-order valence-corrected chi connectivity index (χ3v) is 6.35. The molecule has 0 aromatic carbocycles. The molecule has 0 amide bonds. The van der Waals surface area contributed by atoms with Crippen molar-refractivity contribution in [1.82, 2.24) is 29.6 Å². The van der Waals surface area contributed by atoms with Gasteiger partial charge in [-0.05, 0) is 19.8 Å². The van der Waals surface area contributed by atoms with Crippen LogP contribution in [0.15, 0.2) is 17.2 Å². The summed E-state index contributed by atoms with van der Waals surface area (Å²) in [6, 6.07) is 0.891. The maximum atomic E-state index is 11.8. The van der Waals surface area contributed by atoms with Gasteiger partial charge in [-0.15, -0.1) is 0 Å². The molecule has 3 aromatic rings. The molecule has 2 N–H and O–H groups in total. The van der Waals surface area contributed by atoms with Crippen LogP contribution in [0.1, 0.15) is 38.5 Å². The summed E-state index contributed by atoms with van der Waals surface area (Å²) in [5, 5.41) is 7.84. The van der Waals surface area contributed by atoms with Crippen molar-refractivity contribution in [2.75, 3.05) is 31.6 Å². The Bertz CT molecular complexity index is 1010. The molecule has 0 radical (unpaired) electrons. The smallest absolute Gasteiger partial charge is 0.279 e. The maximum absolute atomic E-state index is 11.8.